The summed E-state index contributed by atoms with van der Waals surface area (Å²) in [5.74, 6) is -2.53. The maximum Gasteiger partial charge on any atom is 0.177 e. The van der Waals surface area contributed by atoms with E-state index in [1.54, 1.807) is 0 Å². The third-order valence-corrected chi connectivity index (χ3v) is 1.77. The van der Waals surface area contributed by atoms with Gasteiger partial charge >= 0.3 is 0 Å². The summed E-state index contributed by atoms with van der Waals surface area (Å²) in [6, 6.07) is 6.73. The third kappa shape index (κ3) is 2.03. The van der Waals surface area contributed by atoms with Crippen molar-refractivity contribution in [2.24, 2.45) is 0 Å². The molecule has 0 saturated carbocycles. The molecule has 0 aliphatic rings. The summed E-state index contributed by atoms with van der Waals surface area (Å²) < 4.78 is 26.4. The Morgan fingerprint density at radius 2 is 1.69 bits per heavy atom. The highest BCUT2D eigenvalue weighted by atomic mass is 19.2. The molecule has 0 fully saturated rings. The van der Waals surface area contributed by atoms with Crippen molar-refractivity contribution in [3.63, 3.8) is 0 Å². The van der Waals surface area contributed by atoms with Crippen LogP contribution in [0.2, 0.25) is 0 Å². The summed E-state index contributed by atoms with van der Waals surface area (Å²) in [4.78, 5) is 0. The molecule has 0 aromatic heterocycles. The Kier molecular flexibility index (Phi) is 3.33. The number of hydrogen-bond donors (Lipinski definition) is 0. The van der Waals surface area contributed by atoms with E-state index in [2.05, 4.69) is 0 Å². The lowest BCUT2D eigenvalue weighted by Gasteiger charge is -1.99. The highest BCUT2D eigenvalue weighted by Crippen LogP contribution is 2.18. The standard InChI is InChI=1S/C11H3F2N3/c12-10-8(3-7(4-14)5-15)1-2-9(6-16)11(10)13/h1-3H. The minimum absolute atomic E-state index is 0.241. The van der Waals surface area contributed by atoms with E-state index in [1.165, 1.54) is 18.2 Å². The number of nitriles is 3. The van der Waals surface area contributed by atoms with E-state index in [4.69, 9.17) is 15.8 Å². The molecular weight excluding hydrogens is 212 g/mol. The van der Waals surface area contributed by atoms with Crippen molar-refractivity contribution in [1.29, 1.82) is 15.8 Å². The van der Waals surface area contributed by atoms with Gasteiger partial charge < -0.3 is 0 Å². The fraction of sp³-hybridized carbons (Fsp3) is 0. The first-order valence-corrected chi connectivity index (χ1v) is 4.04. The molecule has 0 unspecified atom stereocenters. The number of nitrogens with zero attached hydrogens (tertiary/aromatic N) is 3. The predicted molar refractivity (Wildman–Crippen MR) is 50.3 cm³/mol. The van der Waals surface area contributed by atoms with Crippen LogP contribution in [0, 0.1) is 45.6 Å². The lowest BCUT2D eigenvalue weighted by molar-refractivity contribution is 0.504. The topological polar surface area (TPSA) is 71.4 Å². The van der Waals surface area contributed by atoms with Crippen LogP contribution in [0.15, 0.2) is 17.7 Å². The van der Waals surface area contributed by atoms with Crippen LogP contribution in [0.3, 0.4) is 0 Å². The Morgan fingerprint density at radius 1 is 1.06 bits per heavy atom. The first-order chi connectivity index (χ1) is 7.63. The largest absolute Gasteiger partial charge is 0.203 e. The molecule has 1 aromatic carbocycles. The summed E-state index contributed by atoms with van der Waals surface area (Å²) in [5.41, 5.74) is -1.01. The summed E-state index contributed by atoms with van der Waals surface area (Å²) in [6.07, 6.45) is 0.916. The monoisotopic (exact) mass is 215 g/mol. The van der Waals surface area contributed by atoms with Crippen LogP contribution in [0.4, 0.5) is 8.78 Å². The smallest absolute Gasteiger partial charge is 0.177 e. The molecule has 0 radical (unpaired) electrons. The van der Waals surface area contributed by atoms with E-state index in [0.29, 0.717) is 0 Å². The molecule has 0 spiro atoms. The van der Waals surface area contributed by atoms with E-state index in [9.17, 15) is 8.78 Å². The first kappa shape index (κ1) is 11.4. The van der Waals surface area contributed by atoms with Crippen LogP contribution in [0.5, 0.6) is 0 Å². The zero-order chi connectivity index (χ0) is 12.1. The van der Waals surface area contributed by atoms with Crippen LogP contribution in [0.1, 0.15) is 11.1 Å². The number of allylic oxidation sites excluding steroid dienone is 1. The van der Waals surface area contributed by atoms with Crippen LogP contribution >= 0.6 is 0 Å². The van der Waals surface area contributed by atoms with Gasteiger partial charge in [0.05, 0.1) is 5.56 Å². The predicted octanol–water partition coefficient (Wildman–Crippen LogP) is 2.27. The molecule has 16 heavy (non-hydrogen) atoms. The van der Waals surface area contributed by atoms with Crippen LogP contribution < -0.4 is 0 Å². The van der Waals surface area contributed by atoms with Crippen LogP contribution in [0.25, 0.3) is 6.08 Å². The average Bonchev–Trinajstić information content (AvgIpc) is 2.31. The van der Waals surface area contributed by atoms with Gasteiger partial charge in [0.1, 0.15) is 23.8 Å². The van der Waals surface area contributed by atoms with Gasteiger partial charge in [0, 0.05) is 5.56 Å². The third-order valence-electron chi connectivity index (χ3n) is 1.77. The minimum atomic E-state index is -1.29. The number of halogens is 2. The molecule has 0 N–H and O–H groups in total. The number of hydrogen-bond acceptors (Lipinski definition) is 3. The lowest BCUT2D eigenvalue weighted by Crippen LogP contribution is -1.93. The van der Waals surface area contributed by atoms with Crippen molar-refractivity contribution in [3.05, 3.63) is 40.5 Å². The second kappa shape index (κ2) is 4.68. The minimum Gasteiger partial charge on any atom is -0.203 e. The maximum atomic E-state index is 13.3. The Balaban J connectivity index is 3.38. The molecule has 0 heterocycles. The van der Waals surface area contributed by atoms with E-state index in [1.807, 2.05) is 0 Å². The molecule has 3 nitrogen and oxygen atoms in total. The molecular formula is C11H3F2N3. The van der Waals surface area contributed by atoms with Crippen molar-refractivity contribution >= 4 is 6.08 Å². The number of rotatable bonds is 1. The van der Waals surface area contributed by atoms with Crippen molar-refractivity contribution in [1.82, 2.24) is 0 Å². The molecule has 0 saturated heterocycles. The Bertz CT molecular complexity index is 567. The maximum absolute atomic E-state index is 13.3. The summed E-state index contributed by atoms with van der Waals surface area (Å²) in [7, 11) is 0. The average molecular weight is 215 g/mol. The summed E-state index contributed by atoms with van der Waals surface area (Å²) in [5, 5.41) is 25.3. The van der Waals surface area contributed by atoms with Crippen LogP contribution in [-0.4, -0.2) is 0 Å². The van der Waals surface area contributed by atoms with Crippen molar-refractivity contribution in [3.8, 4) is 18.2 Å². The lowest BCUT2D eigenvalue weighted by atomic mass is 10.1. The van der Waals surface area contributed by atoms with E-state index >= 15 is 0 Å². The molecule has 0 amide bonds. The fourth-order valence-corrected chi connectivity index (χ4v) is 1.01. The van der Waals surface area contributed by atoms with Gasteiger partial charge in [-0.25, -0.2) is 8.78 Å². The van der Waals surface area contributed by atoms with Crippen molar-refractivity contribution < 1.29 is 8.78 Å². The fourth-order valence-electron chi connectivity index (χ4n) is 1.01. The summed E-state index contributed by atoms with van der Waals surface area (Å²) in [6.45, 7) is 0. The SMILES string of the molecule is N#CC(C#N)=Cc1ccc(C#N)c(F)c1F. The van der Waals surface area contributed by atoms with Gasteiger partial charge in [-0.2, -0.15) is 15.8 Å². The Hall–Kier alpha value is -2.71. The Labute approximate surface area is 90.1 Å². The molecule has 1 aromatic rings. The normalized spacial score (nSPS) is 8.44. The molecule has 76 valence electrons. The van der Waals surface area contributed by atoms with Gasteiger partial charge in [0.15, 0.2) is 11.6 Å². The molecule has 1 rings (SSSR count). The highest BCUT2D eigenvalue weighted by molar-refractivity contribution is 5.63. The molecule has 0 aliphatic heterocycles. The highest BCUT2D eigenvalue weighted by Gasteiger charge is 2.12. The van der Waals surface area contributed by atoms with Crippen molar-refractivity contribution in [2.75, 3.05) is 0 Å². The van der Waals surface area contributed by atoms with Gasteiger partial charge in [-0.1, -0.05) is 6.07 Å². The van der Waals surface area contributed by atoms with Crippen molar-refractivity contribution in [2.45, 2.75) is 0 Å². The summed E-state index contributed by atoms with van der Waals surface area (Å²) >= 11 is 0. The van der Waals surface area contributed by atoms with E-state index in [0.717, 1.165) is 18.2 Å². The second-order valence-electron chi connectivity index (χ2n) is 2.72. The second-order valence-corrected chi connectivity index (χ2v) is 2.72. The Morgan fingerprint density at radius 3 is 2.19 bits per heavy atom. The van der Waals surface area contributed by atoms with Gasteiger partial charge in [-0.05, 0) is 12.1 Å². The quantitative estimate of drug-likeness (QED) is 0.674. The molecule has 5 heteroatoms. The van der Waals surface area contributed by atoms with E-state index in [-0.39, 0.29) is 11.1 Å². The van der Waals surface area contributed by atoms with Gasteiger partial charge in [-0.15, -0.1) is 0 Å². The van der Waals surface area contributed by atoms with Gasteiger partial charge in [0.25, 0.3) is 0 Å². The molecule has 0 aliphatic carbocycles. The zero-order valence-corrected chi connectivity index (χ0v) is 7.83. The van der Waals surface area contributed by atoms with Crippen LogP contribution in [-0.2, 0) is 0 Å². The molecule has 0 bridgehead atoms. The van der Waals surface area contributed by atoms with E-state index < -0.39 is 17.2 Å². The van der Waals surface area contributed by atoms with Gasteiger partial charge in [-0.3, -0.25) is 0 Å². The number of benzene rings is 1. The first-order valence-electron chi connectivity index (χ1n) is 4.04. The molecule has 0 atom stereocenters. The zero-order valence-electron chi connectivity index (χ0n) is 7.83. The van der Waals surface area contributed by atoms with Gasteiger partial charge in [0.2, 0.25) is 0 Å².